The van der Waals surface area contributed by atoms with Gasteiger partial charge in [0.05, 0.1) is 6.33 Å². The number of rotatable bonds is 7. The normalized spacial score (nSPS) is 25.3. The molecule has 0 bridgehead atoms. The Balaban J connectivity index is 1.91. The zero-order valence-electron chi connectivity index (χ0n) is 20.6. The number of anilines is 1. The van der Waals surface area contributed by atoms with Gasteiger partial charge in [0, 0.05) is 37.7 Å². The van der Waals surface area contributed by atoms with E-state index < -0.39 is 93.2 Å². The third kappa shape index (κ3) is 5.14. The molecular weight excluding hydrogens is 458 g/mol. The Morgan fingerprint density at radius 2 is 1.74 bits per heavy atom. The van der Waals surface area contributed by atoms with Crippen LogP contribution in [0, 0.1) is 0 Å². The fraction of sp³-hybridized carbons (Fsp3) is 0.526. The lowest BCUT2D eigenvalue weighted by molar-refractivity contribution is -0.166. The first-order chi connectivity index (χ1) is 17.6. The quantitative estimate of drug-likeness (QED) is 0.260. The third-order valence-electron chi connectivity index (χ3n) is 4.82. The molecular formula is C19H23N5O10. The van der Waals surface area contributed by atoms with Crippen molar-refractivity contribution in [2.24, 2.45) is 0 Å². The summed E-state index contributed by atoms with van der Waals surface area (Å²) in [6.45, 7) is -2.86. The molecule has 1 aromatic rings. The van der Waals surface area contributed by atoms with Crippen molar-refractivity contribution in [1.82, 2.24) is 20.0 Å². The second kappa shape index (κ2) is 9.86. The molecule has 4 atom stereocenters. The van der Waals surface area contributed by atoms with Gasteiger partial charge >= 0.3 is 17.9 Å². The topological polar surface area (TPSA) is 198 Å². The summed E-state index contributed by atoms with van der Waals surface area (Å²) >= 11 is 0. The molecule has 2 fully saturated rings. The summed E-state index contributed by atoms with van der Waals surface area (Å²) in [5, 5.41) is 0.540. The summed E-state index contributed by atoms with van der Waals surface area (Å²) in [5.41, 5.74) is 7.74. The van der Waals surface area contributed by atoms with Crippen LogP contribution in [0.1, 0.15) is 54.4 Å². The van der Waals surface area contributed by atoms with Gasteiger partial charge in [-0.15, -0.1) is 0 Å². The van der Waals surface area contributed by atoms with Crippen LogP contribution in [-0.2, 0) is 42.9 Å². The number of imide groups is 1. The summed E-state index contributed by atoms with van der Waals surface area (Å²) in [7, 11) is 0. The molecule has 2 aliphatic rings. The molecule has 3 amide bonds. The van der Waals surface area contributed by atoms with Crippen LogP contribution in [-0.4, -0.2) is 75.1 Å². The maximum atomic E-state index is 12.6. The van der Waals surface area contributed by atoms with E-state index in [0.29, 0.717) is 5.01 Å². The summed E-state index contributed by atoms with van der Waals surface area (Å²) in [5.74, 6) is -5.61. The number of amides is 3. The predicted molar refractivity (Wildman–Crippen MR) is 107 cm³/mol. The number of carbonyl (C=O) groups is 6. The first-order valence-electron chi connectivity index (χ1n) is 11.8. The standard InChI is InChI=1S/C19H23N5O10/c1-8(25)31-6-11-15(32-9(2)26)16(33-10(3)27)19(34-11)23-7-21-14(17(23)20)18(30)22-24-12(28)4-5-13(24)29/h7,11,15-16,19H,4-6,20H2,1-3H3,(H,22,30)/t11-,15-,16-,19?/m1/s1/i1D,2D,3D. The van der Waals surface area contributed by atoms with Crippen LogP contribution in [0.5, 0.6) is 0 Å². The molecule has 15 nitrogen and oxygen atoms in total. The fourth-order valence-electron chi connectivity index (χ4n) is 3.42. The summed E-state index contributed by atoms with van der Waals surface area (Å²) < 4.78 is 43.6. The predicted octanol–water partition coefficient (Wildman–Crippen LogP) is -1.42. The number of aromatic nitrogens is 2. The average Bonchev–Trinajstić information content (AvgIpc) is 3.53. The van der Waals surface area contributed by atoms with Gasteiger partial charge in [-0.05, 0) is 0 Å². The minimum atomic E-state index is -1.48. The van der Waals surface area contributed by atoms with Gasteiger partial charge < -0.3 is 24.7 Å². The van der Waals surface area contributed by atoms with E-state index in [1.165, 1.54) is 0 Å². The molecule has 0 radical (unpaired) electrons. The molecule has 3 N–H and O–H groups in total. The number of nitrogens with two attached hydrogens (primary N) is 1. The van der Waals surface area contributed by atoms with E-state index >= 15 is 0 Å². The van der Waals surface area contributed by atoms with Crippen molar-refractivity contribution in [3.05, 3.63) is 12.0 Å². The molecule has 34 heavy (non-hydrogen) atoms. The van der Waals surface area contributed by atoms with Gasteiger partial charge in [0.15, 0.2) is 24.1 Å². The van der Waals surface area contributed by atoms with E-state index in [4.69, 9.17) is 28.8 Å². The Hall–Kier alpha value is -4.01. The molecule has 1 aromatic heterocycles. The molecule has 15 heteroatoms. The smallest absolute Gasteiger partial charge is 0.303 e. The zero-order chi connectivity index (χ0) is 27.3. The molecule has 0 saturated carbocycles. The van der Waals surface area contributed by atoms with Gasteiger partial charge in [0.2, 0.25) is 11.8 Å². The summed E-state index contributed by atoms with van der Waals surface area (Å²) in [6, 6.07) is 0. The van der Waals surface area contributed by atoms with Crippen molar-refractivity contribution in [3.63, 3.8) is 0 Å². The van der Waals surface area contributed by atoms with E-state index in [1.54, 1.807) is 0 Å². The van der Waals surface area contributed by atoms with Gasteiger partial charge in [0.25, 0.3) is 5.91 Å². The number of hydrazine groups is 1. The molecule has 3 heterocycles. The first-order valence-corrected chi connectivity index (χ1v) is 9.68. The van der Waals surface area contributed by atoms with Crippen molar-refractivity contribution in [2.45, 2.75) is 58.1 Å². The minimum absolute atomic E-state index is 0.0768. The number of esters is 3. The Morgan fingerprint density at radius 3 is 2.35 bits per heavy atom. The maximum absolute atomic E-state index is 12.6. The fourth-order valence-corrected chi connectivity index (χ4v) is 3.42. The van der Waals surface area contributed by atoms with E-state index in [9.17, 15) is 28.8 Å². The van der Waals surface area contributed by atoms with Gasteiger partial charge in [-0.2, -0.15) is 5.01 Å². The molecule has 2 aliphatic heterocycles. The van der Waals surface area contributed by atoms with E-state index in [0.717, 1.165) is 10.9 Å². The zero-order valence-corrected chi connectivity index (χ0v) is 17.6. The van der Waals surface area contributed by atoms with Crippen molar-refractivity contribution in [1.29, 1.82) is 0 Å². The monoisotopic (exact) mass is 484 g/mol. The average molecular weight is 484 g/mol. The summed E-state index contributed by atoms with van der Waals surface area (Å²) in [6.07, 6.45) is -4.73. The largest absolute Gasteiger partial charge is 0.463 e. The molecule has 184 valence electrons. The Labute approximate surface area is 196 Å². The van der Waals surface area contributed by atoms with Crippen LogP contribution in [0.4, 0.5) is 5.82 Å². The van der Waals surface area contributed by atoms with Crippen molar-refractivity contribution >= 4 is 41.4 Å². The number of imidazole rings is 1. The number of carbonyl (C=O) groups excluding carboxylic acids is 6. The minimum Gasteiger partial charge on any atom is -0.463 e. The Morgan fingerprint density at radius 1 is 1.12 bits per heavy atom. The van der Waals surface area contributed by atoms with Gasteiger partial charge in [0.1, 0.15) is 18.5 Å². The van der Waals surface area contributed by atoms with Crippen molar-refractivity contribution < 1.29 is 51.8 Å². The molecule has 2 saturated heterocycles. The maximum Gasteiger partial charge on any atom is 0.303 e. The lowest BCUT2D eigenvalue weighted by Gasteiger charge is -2.24. The second-order valence-corrected chi connectivity index (χ2v) is 7.11. The van der Waals surface area contributed by atoms with Crippen molar-refractivity contribution in [3.8, 4) is 0 Å². The highest BCUT2D eigenvalue weighted by molar-refractivity contribution is 6.05. The highest BCUT2D eigenvalue weighted by Crippen LogP contribution is 2.36. The third-order valence-corrected chi connectivity index (χ3v) is 4.82. The van der Waals surface area contributed by atoms with Crippen LogP contribution >= 0.6 is 0 Å². The number of nitrogens with zero attached hydrogens (tertiary/aromatic N) is 3. The van der Waals surface area contributed by atoms with Crippen molar-refractivity contribution in [2.75, 3.05) is 12.3 Å². The number of ether oxygens (including phenoxy) is 4. The lowest BCUT2D eigenvalue weighted by atomic mass is 10.1. The number of nitrogens with one attached hydrogen (secondary N) is 1. The van der Waals surface area contributed by atoms with Crippen LogP contribution in [0.2, 0.25) is 0 Å². The summed E-state index contributed by atoms with van der Waals surface area (Å²) in [4.78, 5) is 75.4. The molecule has 1 unspecified atom stereocenters. The highest BCUT2D eigenvalue weighted by Gasteiger charge is 2.51. The van der Waals surface area contributed by atoms with Gasteiger partial charge in [-0.25, -0.2) is 4.98 Å². The van der Waals surface area contributed by atoms with E-state index in [2.05, 4.69) is 10.4 Å². The van der Waals surface area contributed by atoms with Gasteiger partial charge in [-0.3, -0.25) is 38.8 Å². The molecule has 0 aliphatic carbocycles. The lowest BCUT2D eigenvalue weighted by Crippen LogP contribution is -2.45. The van der Waals surface area contributed by atoms with Crippen LogP contribution in [0.3, 0.4) is 0 Å². The first kappa shape index (κ1) is 20.6. The number of hydrogen-bond acceptors (Lipinski definition) is 12. The van der Waals surface area contributed by atoms with Crippen LogP contribution in [0.25, 0.3) is 0 Å². The molecule has 0 spiro atoms. The molecule has 0 aromatic carbocycles. The van der Waals surface area contributed by atoms with Gasteiger partial charge in [-0.1, -0.05) is 0 Å². The number of hydrogen-bond donors (Lipinski definition) is 2. The Kier molecular flexibility index (Phi) is 5.97. The van der Waals surface area contributed by atoms with E-state index in [1.807, 2.05) is 0 Å². The second-order valence-electron chi connectivity index (χ2n) is 7.11. The highest BCUT2D eigenvalue weighted by atomic mass is 16.7. The number of nitrogen functional groups attached to an aromatic ring is 1. The SMILES string of the molecule is [2H]CC(=O)OC[C@H]1OC(n2cnc(C(=O)NN3C(=O)CCC3=O)c2N)[C@H](OC(=O)C[2H])[C@@H]1OC(=O)C[2H]. The van der Waals surface area contributed by atoms with E-state index in [-0.39, 0.29) is 18.7 Å². The van der Waals surface area contributed by atoms with Crippen LogP contribution < -0.4 is 11.2 Å². The van der Waals surface area contributed by atoms with Crippen LogP contribution in [0.15, 0.2) is 6.33 Å². The Bertz CT molecular complexity index is 1080. The molecule has 3 rings (SSSR count).